The highest BCUT2D eigenvalue weighted by molar-refractivity contribution is 6.33. The predicted octanol–water partition coefficient (Wildman–Crippen LogP) is 1.92. The molecule has 0 bridgehead atoms. The van der Waals surface area contributed by atoms with Crippen molar-refractivity contribution in [1.82, 2.24) is 24.0 Å². The molecule has 1 fully saturated rings. The number of rotatable bonds is 6. The Bertz CT molecular complexity index is 1760. The second-order valence-electron chi connectivity index (χ2n) is 9.70. The summed E-state index contributed by atoms with van der Waals surface area (Å²) in [6.45, 7) is 2.83. The Morgan fingerprint density at radius 1 is 1.10 bits per heavy atom. The molecule has 0 spiro atoms. The zero-order valence-electron chi connectivity index (χ0n) is 22.0. The summed E-state index contributed by atoms with van der Waals surface area (Å²) in [5, 5.41) is 12.7. The molecule has 1 aliphatic rings. The second-order valence-corrected chi connectivity index (χ2v) is 10.1. The quantitative estimate of drug-likeness (QED) is 0.310. The number of benzene rings is 1. The van der Waals surface area contributed by atoms with Gasteiger partial charge in [-0.2, -0.15) is 4.39 Å². The number of amides is 2. The van der Waals surface area contributed by atoms with Gasteiger partial charge in [-0.25, -0.2) is 14.4 Å². The standard InChI is InChI=1S/C26H25ClF2N8O4/c1-34-3-5-36(6-4-34)18-8-17(16(27)9-31-18)33-19(38)11-37-10-15(20-25(37)32-12-35(2)26(20)41)13-7-14(24(30)40)23(39)22(29)21(13)28/h7-10,12,39H,3-6,11H2,1-2H3,(H2,30,40)(H,31,33,38). The number of primary amides is 1. The number of hydrogen-bond donors (Lipinski definition) is 3. The van der Waals surface area contributed by atoms with Gasteiger partial charge in [-0.05, 0) is 13.1 Å². The molecule has 15 heteroatoms. The maximum atomic E-state index is 15.0. The molecular formula is C26H25ClF2N8O4. The molecule has 5 rings (SSSR count). The van der Waals surface area contributed by atoms with E-state index in [2.05, 4.69) is 25.1 Å². The number of hydrogen-bond acceptors (Lipinski definition) is 8. The van der Waals surface area contributed by atoms with Crippen LogP contribution >= 0.6 is 11.6 Å². The first-order valence-corrected chi connectivity index (χ1v) is 12.8. The highest BCUT2D eigenvalue weighted by Gasteiger charge is 2.26. The normalized spacial score (nSPS) is 14.0. The fourth-order valence-electron chi connectivity index (χ4n) is 4.67. The molecule has 214 valence electrons. The van der Waals surface area contributed by atoms with Gasteiger partial charge < -0.3 is 35.1 Å². The molecule has 4 heterocycles. The molecule has 41 heavy (non-hydrogen) atoms. The van der Waals surface area contributed by atoms with Crippen LogP contribution in [-0.4, -0.2) is 74.1 Å². The minimum Gasteiger partial charge on any atom is -0.504 e. The summed E-state index contributed by atoms with van der Waals surface area (Å²) >= 11 is 6.31. The van der Waals surface area contributed by atoms with Crippen molar-refractivity contribution >= 4 is 46.0 Å². The van der Waals surface area contributed by atoms with E-state index in [1.54, 1.807) is 6.07 Å². The number of phenols is 1. The molecule has 0 saturated carbocycles. The molecular weight excluding hydrogens is 562 g/mol. The first kappa shape index (κ1) is 28.0. The maximum absolute atomic E-state index is 15.0. The minimum atomic E-state index is -1.71. The van der Waals surface area contributed by atoms with Crippen molar-refractivity contribution in [1.29, 1.82) is 0 Å². The molecule has 0 radical (unpaired) electrons. The molecule has 0 atom stereocenters. The van der Waals surface area contributed by atoms with Crippen LogP contribution in [0.3, 0.4) is 0 Å². The monoisotopic (exact) mass is 586 g/mol. The number of carbonyl (C=O) groups excluding carboxylic acids is 2. The number of aromatic nitrogens is 4. The van der Waals surface area contributed by atoms with Gasteiger partial charge in [0.2, 0.25) is 11.7 Å². The molecule has 0 aliphatic carbocycles. The van der Waals surface area contributed by atoms with E-state index in [0.717, 1.165) is 36.8 Å². The van der Waals surface area contributed by atoms with Gasteiger partial charge in [0.15, 0.2) is 11.6 Å². The van der Waals surface area contributed by atoms with Crippen LogP contribution in [0.4, 0.5) is 20.3 Å². The van der Waals surface area contributed by atoms with Crippen LogP contribution in [0.15, 0.2) is 35.6 Å². The molecule has 1 saturated heterocycles. The van der Waals surface area contributed by atoms with Crippen molar-refractivity contribution in [3.05, 3.63) is 63.4 Å². The summed E-state index contributed by atoms with van der Waals surface area (Å²) in [7, 11) is 3.44. The van der Waals surface area contributed by atoms with E-state index in [4.69, 9.17) is 17.3 Å². The average Bonchev–Trinajstić information content (AvgIpc) is 3.29. The zero-order chi connectivity index (χ0) is 29.6. The second kappa shape index (κ2) is 10.8. The third kappa shape index (κ3) is 5.18. The van der Waals surface area contributed by atoms with Crippen LogP contribution in [0.25, 0.3) is 22.2 Å². The summed E-state index contributed by atoms with van der Waals surface area (Å²) in [5.74, 6) is -5.59. The number of carbonyl (C=O) groups is 2. The Morgan fingerprint density at radius 2 is 1.80 bits per heavy atom. The fraction of sp³-hybridized carbons (Fsp3) is 0.269. The van der Waals surface area contributed by atoms with Crippen molar-refractivity contribution in [2.75, 3.05) is 43.4 Å². The molecule has 1 aliphatic heterocycles. The number of nitrogens with two attached hydrogens (primary N) is 1. The molecule has 3 aromatic heterocycles. The molecule has 12 nitrogen and oxygen atoms in total. The van der Waals surface area contributed by atoms with E-state index < -0.39 is 45.9 Å². The van der Waals surface area contributed by atoms with Gasteiger partial charge >= 0.3 is 0 Å². The maximum Gasteiger partial charge on any atom is 0.263 e. The number of aromatic hydroxyl groups is 1. The predicted molar refractivity (Wildman–Crippen MR) is 148 cm³/mol. The summed E-state index contributed by atoms with van der Waals surface area (Å²) in [4.78, 5) is 50.8. The zero-order valence-corrected chi connectivity index (χ0v) is 22.7. The topological polar surface area (TPSA) is 152 Å². The van der Waals surface area contributed by atoms with Gasteiger partial charge in [-0.1, -0.05) is 11.6 Å². The van der Waals surface area contributed by atoms with Crippen molar-refractivity contribution < 1.29 is 23.5 Å². The number of aryl methyl sites for hydroxylation is 1. The SMILES string of the molecule is CN1CCN(c2cc(NC(=O)Cn3cc(-c4cc(C(N)=O)c(O)c(F)c4F)c4c(=O)n(C)cnc43)c(Cl)cn2)CC1. The summed E-state index contributed by atoms with van der Waals surface area (Å²) in [6, 6.07) is 2.51. The van der Waals surface area contributed by atoms with E-state index in [-0.39, 0.29) is 28.2 Å². The summed E-state index contributed by atoms with van der Waals surface area (Å²) < 4.78 is 32.0. The van der Waals surface area contributed by atoms with Gasteiger partial charge in [0.05, 0.1) is 34.2 Å². The van der Waals surface area contributed by atoms with Crippen molar-refractivity contribution in [2.45, 2.75) is 6.54 Å². The smallest absolute Gasteiger partial charge is 0.263 e. The Labute approximate surface area is 236 Å². The third-order valence-corrected chi connectivity index (χ3v) is 7.23. The Balaban J connectivity index is 1.51. The van der Waals surface area contributed by atoms with E-state index >= 15 is 4.39 Å². The van der Waals surface area contributed by atoms with Gasteiger partial charge in [-0.3, -0.25) is 14.4 Å². The lowest BCUT2D eigenvalue weighted by atomic mass is 10.0. The highest BCUT2D eigenvalue weighted by atomic mass is 35.5. The number of nitrogens with one attached hydrogen (secondary N) is 1. The van der Waals surface area contributed by atoms with E-state index in [9.17, 15) is 23.9 Å². The Hall–Kier alpha value is -4.56. The average molecular weight is 587 g/mol. The minimum absolute atomic E-state index is 0.00529. The largest absolute Gasteiger partial charge is 0.504 e. The highest BCUT2D eigenvalue weighted by Crippen LogP contribution is 2.36. The number of piperazine rings is 1. The van der Waals surface area contributed by atoms with E-state index in [1.165, 1.54) is 30.3 Å². The number of fused-ring (bicyclic) bond motifs is 1. The van der Waals surface area contributed by atoms with Gasteiger partial charge in [-0.15, -0.1) is 0 Å². The molecule has 0 unspecified atom stereocenters. The molecule has 1 aromatic carbocycles. The number of anilines is 2. The lowest BCUT2D eigenvalue weighted by Crippen LogP contribution is -2.44. The van der Waals surface area contributed by atoms with Crippen LogP contribution in [-0.2, 0) is 18.4 Å². The lowest BCUT2D eigenvalue weighted by Gasteiger charge is -2.33. The molecule has 2 amide bonds. The number of pyridine rings is 1. The molecule has 4 N–H and O–H groups in total. The van der Waals surface area contributed by atoms with E-state index in [1.807, 2.05) is 7.05 Å². The van der Waals surface area contributed by atoms with E-state index in [0.29, 0.717) is 11.5 Å². The Morgan fingerprint density at radius 3 is 2.49 bits per heavy atom. The number of halogens is 3. The van der Waals surface area contributed by atoms with Crippen LogP contribution in [0.1, 0.15) is 10.4 Å². The summed E-state index contributed by atoms with van der Waals surface area (Å²) in [5.41, 5.74) is 3.58. The summed E-state index contributed by atoms with van der Waals surface area (Å²) in [6.07, 6.45) is 3.90. The first-order chi connectivity index (χ1) is 19.5. The van der Waals surface area contributed by atoms with Crippen LogP contribution in [0.5, 0.6) is 5.75 Å². The number of likely N-dealkylation sites (N-methyl/N-ethyl adjacent to an activating group) is 1. The van der Waals surface area contributed by atoms with Crippen LogP contribution in [0.2, 0.25) is 5.02 Å². The van der Waals surface area contributed by atoms with Crippen molar-refractivity contribution in [3.63, 3.8) is 0 Å². The molecule has 4 aromatic rings. The van der Waals surface area contributed by atoms with Gasteiger partial charge in [0.1, 0.15) is 18.0 Å². The Kier molecular flexibility index (Phi) is 7.36. The fourth-order valence-corrected chi connectivity index (χ4v) is 4.82. The lowest BCUT2D eigenvalue weighted by molar-refractivity contribution is -0.116. The van der Waals surface area contributed by atoms with Gasteiger partial charge in [0, 0.05) is 56.6 Å². The van der Waals surface area contributed by atoms with Crippen molar-refractivity contribution in [2.24, 2.45) is 12.8 Å². The van der Waals surface area contributed by atoms with Crippen LogP contribution in [0, 0.1) is 11.6 Å². The van der Waals surface area contributed by atoms with Crippen molar-refractivity contribution in [3.8, 4) is 16.9 Å². The third-order valence-electron chi connectivity index (χ3n) is 6.93. The first-order valence-electron chi connectivity index (χ1n) is 12.4. The number of nitrogens with zero attached hydrogens (tertiary/aromatic N) is 6. The van der Waals surface area contributed by atoms with Gasteiger partial charge in [0.25, 0.3) is 11.5 Å². The van der Waals surface area contributed by atoms with Crippen LogP contribution < -0.4 is 21.5 Å².